The number of rotatable bonds is 5. The van der Waals surface area contributed by atoms with Crippen molar-refractivity contribution < 1.29 is 14.7 Å². The number of aliphatic carboxylic acids is 1. The van der Waals surface area contributed by atoms with Gasteiger partial charge in [-0.2, -0.15) is 5.10 Å². The summed E-state index contributed by atoms with van der Waals surface area (Å²) in [7, 11) is 0. The number of carboxylic acid groups (broad SMARTS) is 1. The normalized spacial score (nSPS) is 12.1. The number of nitrogens with one attached hydrogen (secondary N) is 2. The van der Waals surface area contributed by atoms with Crippen LogP contribution in [0.25, 0.3) is 0 Å². The third kappa shape index (κ3) is 3.46. The summed E-state index contributed by atoms with van der Waals surface area (Å²) in [5.41, 5.74) is 2.32. The van der Waals surface area contributed by atoms with Gasteiger partial charge in [-0.15, -0.1) is 11.3 Å². The number of thiazole rings is 1. The third-order valence-electron chi connectivity index (χ3n) is 3.03. The molecule has 2 aromatic rings. The number of nitrogens with zero attached hydrogens (tertiary/aromatic N) is 2. The first-order valence-corrected chi connectivity index (χ1v) is 7.21. The largest absolute Gasteiger partial charge is 0.479 e. The summed E-state index contributed by atoms with van der Waals surface area (Å²) in [5.74, 6) is -1.50. The van der Waals surface area contributed by atoms with Crippen molar-refractivity contribution in [2.24, 2.45) is 0 Å². The van der Waals surface area contributed by atoms with E-state index in [4.69, 9.17) is 0 Å². The van der Waals surface area contributed by atoms with Crippen molar-refractivity contribution in [3.8, 4) is 0 Å². The highest BCUT2D eigenvalue weighted by Gasteiger charge is 2.27. The number of aryl methyl sites for hydroxylation is 3. The summed E-state index contributed by atoms with van der Waals surface area (Å²) in [4.78, 5) is 27.6. The number of hydrogen-bond acceptors (Lipinski definition) is 5. The fourth-order valence-corrected chi connectivity index (χ4v) is 2.72. The Morgan fingerprint density at radius 3 is 2.62 bits per heavy atom. The Balaban J connectivity index is 2.14. The molecule has 0 fully saturated rings. The summed E-state index contributed by atoms with van der Waals surface area (Å²) in [5, 5.41) is 21.2. The number of H-pyrrole nitrogens is 1. The highest BCUT2D eigenvalue weighted by molar-refractivity contribution is 7.09. The summed E-state index contributed by atoms with van der Waals surface area (Å²) < 4.78 is 0. The van der Waals surface area contributed by atoms with Gasteiger partial charge in [0, 0.05) is 16.6 Å². The summed E-state index contributed by atoms with van der Waals surface area (Å²) in [6, 6.07) is -1.11. The van der Waals surface area contributed by atoms with E-state index in [9.17, 15) is 14.7 Å². The van der Waals surface area contributed by atoms with E-state index in [2.05, 4.69) is 20.5 Å². The van der Waals surface area contributed by atoms with Gasteiger partial charge >= 0.3 is 5.97 Å². The number of aromatic amines is 1. The molecule has 0 saturated heterocycles. The van der Waals surface area contributed by atoms with E-state index in [0.29, 0.717) is 22.6 Å². The number of carboxylic acids is 1. The fourth-order valence-electron chi connectivity index (χ4n) is 2.11. The van der Waals surface area contributed by atoms with Crippen molar-refractivity contribution in [2.45, 2.75) is 33.2 Å². The second kappa shape index (κ2) is 6.04. The van der Waals surface area contributed by atoms with E-state index in [-0.39, 0.29) is 12.3 Å². The first kappa shape index (κ1) is 15.2. The molecule has 1 amide bonds. The van der Waals surface area contributed by atoms with Gasteiger partial charge in [0.25, 0.3) is 0 Å². The first-order valence-electron chi connectivity index (χ1n) is 6.33. The molecule has 2 rings (SSSR count). The predicted molar refractivity (Wildman–Crippen MR) is 77.1 cm³/mol. The van der Waals surface area contributed by atoms with Crippen LogP contribution in [-0.4, -0.2) is 32.2 Å². The molecular formula is C13H16N4O3S. The van der Waals surface area contributed by atoms with Crippen molar-refractivity contribution in [3.05, 3.63) is 33.0 Å². The lowest BCUT2D eigenvalue weighted by Gasteiger charge is -2.14. The predicted octanol–water partition coefficient (Wildman–Crippen LogP) is 1.28. The molecule has 3 N–H and O–H groups in total. The maximum Gasteiger partial charge on any atom is 0.331 e. The lowest BCUT2D eigenvalue weighted by molar-refractivity contribution is -0.142. The zero-order valence-corrected chi connectivity index (χ0v) is 12.7. The van der Waals surface area contributed by atoms with E-state index in [1.807, 2.05) is 6.92 Å². The maximum atomic E-state index is 12.0. The second-order valence-electron chi connectivity index (χ2n) is 4.72. The van der Waals surface area contributed by atoms with Crippen LogP contribution >= 0.6 is 11.3 Å². The highest BCUT2D eigenvalue weighted by atomic mass is 32.1. The molecule has 1 unspecified atom stereocenters. The van der Waals surface area contributed by atoms with Gasteiger partial charge in [-0.05, 0) is 20.8 Å². The van der Waals surface area contributed by atoms with Crippen LogP contribution in [0.5, 0.6) is 0 Å². The Morgan fingerprint density at radius 2 is 2.14 bits per heavy atom. The number of aromatic nitrogens is 3. The quantitative estimate of drug-likeness (QED) is 0.771. The van der Waals surface area contributed by atoms with Crippen LogP contribution in [0.4, 0.5) is 0 Å². The molecule has 0 aromatic carbocycles. The maximum absolute atomic E-state index is 12.0. The van der Waals surface area contributed by atoms with Gasteiger partial charge in [0.2, 0.25) is 5.91 Å². The van der Waals surface area contributed by atoms with Crippen LogP contribution in [0.15, 0.2) is 5.38 Å². The Kier molecular flexibility index (Phi) is 4.37. The minimum atomic E-state index is -1.12. The zero-order valence-electron chi connectivity index (χ0n) is 11.9. The molecule has 2 aromatic heterocycles. The third-order valence-corrected chi connectivity index (χ3v) is 3.86. The van der Waals surface area contributed by atoms with Crippen molar-refractivity contribution in [1.29, 1.82) is 0 Å². The van der Waals surface area contributed by atoms with E-state index in [1.54, 1.807) is 19.2 Å². The van der Waals surface area contributed by atoms with E-state index in [0.717, 1.165) is 5.01 Å². The molecular weight excluding hydrogens is 292 g/mol. The molecule has 21 heavy (non-hydrogen) atoms. The van der Waals surface area contributed by atoms with Crippen LogP contribution in [0, 0.1) is 20.8 Å². The zero-order chi connectivity index (χ0) is 15.6. The molecule has 0 spiro atoms. The Labute approximate surface area is 125 Å². The van der Waals surface area contributed by atoms with E-state index >= 15 is 0 Å². The molecule has 0 saturated carbocycles. The lowest BCUT2D eigenvalue weighted by Crippen LogP contribution is -2.35. The van der Waals surface area contributed by atoms with Gasteiger partial charge < -0.3 is 10.4 Å². The number of carbonyl (C=O) groups excluding carboxylic acids is 1. The monoisotopic (exact) mass is 308 g/mol. The average molecular weight is 308 g/mol. The Bertz CT molecular complexity index is 657. The van der Waals surface area contributed by atoms with Gasteiger partial charge in [0.1, 0.15) is 0 Å². The summed E-state index contributed by atoms with van der Waals surface area (Å²) >= 11 is 1.45. The second-order valence-corrected chi connectivity index (χ2v) is 5.78. The molecule has 1 atom stereocenters. The molecule has 0 bridgehead atoms. The molecule has 0 radical (unpaired) electrons. The standard InChI is InChI=1S/C13H16N4O3S/c1-6-11(7(2)17-16-6)12(13(19)20)15-10(18)4-9-5-21-8(3)14-9/h5,12H,4H2,1-3H3,(H,15,18)(H,16,17)(H,19,20). The van der Waals surface area contributed by atoms with Gasteiger partial charge in [-0.3, -0.25) is 9.89 Å². The molecule has 0 aliphatic heterocycles. The summed E-state index contributed by atoms with van der Waals surface area (Å²) in [6.07, 6.45) is 0.0596. The van der Waals surface area contributed by atoms with Crippen molar-refractivity contribution in [1.82, 2.24) is 20.5 Å². The minimum Gasteiger partial charge on any atom is -0.479 e. The topological polar surface area (TPSA) is 108 Å². The van der Waals surface area contributed by atoms with Crippen LogP contribution in [-0.2, 0) is 16.0 Å². The van der Waals surface area contributed by atoms with E-state index < -0.39 is 12.0 Å². The van der Waals surface area contributed by atoms with Crippen LogP contribution in [0.3, 0.4) is 0 Å². The van der Waals surface area contributed by atoms with Crippen molar-refractivity contribution in [2.75, 3.05) is 0 Å². The minimum absolute atomic E-state index is 0.0596. The van der Waals surface area contributed by atoms with Crippen molar-refractivity contribution >= 4 is 23.2 Å². The summed E-state index contributed by atoms with van der Waals surface area (Å²) in [6.45, 7) is 5.27. The molecule has 0 aliphatic carbocycles. The van der Waals surface area contributed by atoms with Crippen molar-refractivity contribution in [3.63, 3.8) is 0 Å². The van der Waals surface area contributed by atoms with Gasteiger partial charge in [0.15, 0.2) is 6.04 Å². The average Bonchev–Trinajstić information content (AvgIpc) is 2.94. The lowest BCUT2D eigenvalue weighted by atomic mass is 10.0. The Morgan fingerprint density at radius 1 is 1.43 bits per heavy atom. The molecule has 8 heteroatoms. The SMILES string of the molecule is Cc1nc(CC(=O)NC(C(=O)O)c2c(C)n[nH]c2C)cs1. The van der Waals surface area contributed by atoms with Crippen LogP contribution in [0.1, 0.15) is 33.7 Å². The van der Waals surface area contributed by atoms with Gasteiger partial charge in [0.05, 0.1) is 22.8 Å². The first-order chi connectivity index (χ1) is 9.88. The highest BCUT2D eigenvalue weighted by Crippen LogP contribution is 2.20. The van der Waals surface area contributed by atoms with Crippen LogP contribution < -0.4 is 5.32 Å². The van der Waals surface area contributed by atoms with E-state index in [1.165, 1.54) is 11.3 Å². The molecule has 2 heterocycles. The Hall–Kier alpha value is -2.22. The fraction of sp³-hybridized carbons (Fsp3) is 0.385. The smallest absolute Gasteiger partial charge is 0.331 e. The van der Waals surface area contributed by atoms with Gasteiger partial charge in [-0.1, -0.05) is 0 Å². The van der Waals surface area contributed by atoms with Gasteiger partial charge in [-0.25, -0.2) is 9.78 Å². The number of amides is 1. The van der Waals surface area contributed by atoms with Crippen LogP contribution in [0.2, 0.25) is 0 Å². The molecule has 7 nitrogen and oxygen atoms in total. The molecule has 0 aliphatic rings. The number of hydrogen-bond donors (Lipinski definition) is 3. The number of carbonyl (C=O) groups is 2. The molecule has 112 valence electrons.